The van der Waals surface area contributed by atoms with E-state index in [1.54, 1.807) is 34.9 Å². The first kappa shape index (κ1) is 22.5. The summed E-state index contributed by atoms with van der Waals surface area (Å²) < 4.78 is 27.1. The van der Waals surface area contributed by atoms with Gasteiger partial charge in [0.05, 0.1) is 16.2 Å². The molecule has 166 valence electrons. The molecular weight excluding hydrogens is 466 g/mol. The van der Waals surface area contributed by atoms with Crippen molar-refractivity contribution in [1.82, 2.24) is 14.8 Å². The Morgan fingerprint density at radius 1 is 1.28 bits per heavy atom. The van der Waals surface area contributed by atoms with Crippen LogP contribution in [0.3, 0.4) is 0 Å². The molecule has 1 aliphatic carbocycles. The van der Waals surface area contributed by atoms with Gasteiger partial charge in [0, 0.05) is 11.4 Å². The van der Waals surface area contributed by atoms with Crippen molar-refractivity contribution in [2.24, 2.45) is 0 Å². The second kappa shape index (κ2) is 9.44. The SMILES string of the molecule is CCn1c(CS(=O)(=O)c2ccccc2)nnc1SCC(=O)Nc1sc2c(c1C#N)CCC2. The molecule has 11 heteroatoms. The fourth-order valence-electron chi connectivity index (χ4n) is 3.63. The lowest BCUT2D eigenvalue weighted by molar-refractivity contribution is -0.113. The van der Waals surface area contributed by atoms with Gasteiger partial charge < -0.3 is 9.88 Å². The first-order chi connectivity index (χ1) is 15.4. The van der Waals surface area contributed by atoms with Gasteiger partial charge in [-0.25, -0.2) is 8.42 Å². The highest BCUT2D eigenvalue weighted by atomic mass is 32.2. The first-order valence-corrected chi connectivity index (χ1v) is 13.6. The highest BCUT2D eigenvalue weighted by Crippen LogP contribution is 2.38. The molecule has 0 saturated heterocycles. The number of rotatable bonds is 8. The van der Waals surface area contributed by atoms with Crippen molar-refractivity contribution in [3.63, 3.8) is 0 Å². The lowest BCUT2D eigenvalue weighted by atomic mass is 10.1. The van der Waals surface area contributed by atoms with Crippen LogP contribution in [-0.4, -0.2) is 34.8 Å². The normalized spacial score (nSPS) is 13.0. The molecule has 0 unspecified atom stereocenters. The maximum absolute atomic E-state index is 12.7. The van der Waals surface area contributed by atoms with Crippen LogP contribution in [0, 0.1) is 11.3 Å². The Morgan fingerprint density at radius 3 is 2.78 bits per heavy atom. The topological polar surface area (TPSA) is 118 Å². The Balaban J connectivity index is 1.43. The molecule has 4 rings (SSSR count). The second-order valence-corrected chi connectivity index (χ2v) is 11.3. The van der Waals surface area contributed by atoms with Crippen LogP contribution in [0.15, 0.2) is 40.4 Å². The molecule has 8 nitrogen and oxygen atoms in total. The maximum Gasteiger partial charge on any atom is 0.235 e. The number of fused-ring (bicyclic) bond motifs is 1. The summed E-state index contributed by atoms with van der Waals surface area (Å²) in [7, 11) is -3.55. The van der Waals surface area contributed by atoms with Crippen LogP contribution in [0.2, 0.25) is 0 Å². The Morgan fingerprint density at radius 2 is 2.06 bits per heavy atom. The van der Waals surface area contributed by atoms with Gasteiger partial charge in [-0.05, 0) is 43.9 Å². The van der Waals surface area contributed by atoms with Crippen molar-refractivity contribution >= 4 is 43.8 Å². The maximum atomic E-state index is 12.7. The largest absolute Gasteiger partial charge is 0.316 e. The molecular formula is C21H21N5O3S3. The smallest absolute Gasteiger partial charge is 0.235 e. The molecule has 0 radical (unpaired) electrons. The van der Waals surface area contributed by atoms with E-state index < -0.39 is 9.84 Å². The summed E-state index contributed by atoms with van der Waals surface area (Å²) >= 11 is 2.67. The van der Waals surface area contributed by atoms with E-state index in [9.17, 15) is 18.5 Å². The summed E-state index contributed by atoms with van der Waals surface area (Å²) in [6.07, 6.45) is 2.89. The van der Waals surface area contributed by atoms with E-state index in [0.717, 1.165) is 24.8 Å². The molecule has 1 N–H and O–H groups in total. The number of nitrogens with zero attached hydrogens (tertiary/aromatic N) is 4. The Hall–Kier alpha value is -2.68. The van der Waals surface area contributed by atoms with Gasteiger partial charge in [-0.15, -0.1) is 21.5 Å². The fraction of sp³-hybridized carbons (Fsp3) is 0.333. The zero-order valence-electron chi connectivity index (χ0n) is 17.4. The van der Waals surface area contributed by atoms with Crippen molar-refractivity contribution in [1.29, 1.82) is 5.26 Å². The number of sulfone groups is 1. The number of nitrogens with one attached hydrogen (secondary N) is 1. The number of benzene rings is 1. The molecule has 1 aromatic carbocycles. The number of thioether (sulfide) groups is 1. The van der Waals surface area contributed by atoms with Gasteiger partial charge in [0.15, 0.2) is 15.0 Å². The van der Waals surface area contributed by atoms with Crippen LogP contribution in [0.25, 0.3) is 0 Å². The van der Waals surface area contributed by atoms with Crippen molar-refractivity contribution in [3.05, 3.63) is 52.2 Å². The van der Waals surface area contributed by atoms with Gasteiger partial charge >= 0.3 is 0 Å². The number of carbonyl (C=O) groups is 1. The predicted molar refractivity (Wildman–Crippen MR) is 123 cm³/mol. The Bertz CT molecular complexity index is 1290. The third-order valence-corrected chi connectivity index (χ3v) is 8.95. The molecule has 0 atom stereocenters. The molecule has 32 heavy (non-hydrogen) atoms. The number of hydrogen-bond acceptors (Lipinski definition) is 8. The number of aryl methyl sites for hydroxylation is 1. The lowest BCUT2D eigenvalue weighted by Crippen LogP contribution is -2.15. The van der Waals surface area contributed by atoms with Gasteiger partial charge in [-0.1, -0.05) is 30.0 Å². The van der Waals surface area contributed by atoms with Crippen LogP contribution in [0.1, 0.15) is 35.2 Å². The van der Waals surface area contributed by atoms with Crippen LogP contribution in [0.4, 0.5) is 5.00 Å². The third kappa shape index (κ3) is 4.57. The summed E-state index contributed by atoms with van der Waals surface area (Å²) in [4.78, 5) is 13.9. The van der Waals surface area contributed by atoms with Gasteiger partial charge in [0.2, 0.25) is 5.91 Å². The van der Waals surface area contributed by atoms with E-state index in [0.29, 0.717) is 28.1 Å². The average molecular weight is 488 g/mol. The summed E-state index contributed by atoms with van der Waals surface area (Å²) in [5, 5.41) is 21.6. The molecule has 0 fully saturated rings. The minimum atomic E-state index is -3.55. The van der Waals surface area contributed by atoms with Crippen molar-refractivity contribution in [2.75, 3.05) is 11.1 Å². The van der Waals surface area contributed by atoms with Gasteiger partial charge in [0.1, 0.15) is 22.6 Å². The van der Waals surface area contributed by atoms with Crippen LogP contribution in [0.5, 0.6) is 0 Å². The lowest BCUT2D eigenvalue weighted by Gasteiger charge is -2.08. The van der Waals surface area contributed by atoms with E-state index >= 15 is 0 Å². The monoisotopic (exact) mass is 487 g/mol. The average Bonchev–Trinajstić information content (AvgIpc) is 3.47. The zero-order chi connectivity index (χ0) is 22.7. The van der Waals surface area contributed by atoms with E-state index in [4.69, 9.17) is 0 Å². The number of nitriles is 1. The zero-order valence-corrected chi connectivity index (χ0v) is 19.8. The number of carbonyl (C=O) groups excluding carboxylic acids is 1. The number of aromatic nitrogens is 3. The Labute approximate surface area is 194 Å². The molecule has 3 aromatic rings. The minimum absolute atomic E-state index is 0.0804. The van der Waals surface area contributed by atoms with Gasteiger partial charge in [-0.3, -0.25) is 4.79 Å². The van der Waals surface area contributed by atoms with Crippen LogP contribution >= 0.6 is 23.1 Å². The predicted octanol–water partition coefficient (Wildman–Crippen LogP) is 3.42. The third-order valence-electron chi connectivity index (χ3n) is 5.15. The minimum Gasteiger partial charge on any atom is -0.316 e. The van der Waals surface area contributed by atoms with E-state index in [1.807, 2.05) is 6.92 Å². The summed E-state index contributed by atoms with van der Waals surface area (Å²) in [6.45, 7) is 2.35. The van der Waals surface area contributed by atoms with Gasteiger partial charge in [0.25, 0.3) is 0 Å². The first-order valence-electron chi connectivity index (χ1n) is 10.1. The van der Waals surface area contributed by atoms with Crippen molar-refractivity contribution in [3.8, 4) is 6.07 Å². The fourth-order valence-corrected chi connectivity index (χ4v) is 7.00. The molecule has 0 aliphatic heterocycles. The summed E-state index contributed by atoms with van der Waals surface area (Å²) in [5.41, 5.74) is 1.64. The van der Waals surface area contributed by atoms with E-state index in [-0.39, 0.29) is 22.3 Å². The second-order valence-electron chi connectivity index (χ2n) is 7.23. The molecule has 2 heterocycles. The molecule has 2 aromatic heterocycles. The van der Waals surface area contributed by atoms with Gasteiger partial charge in [-0.2, -0.15) is 5.26 Å². The number of amides is 1. The molecule has 1 aliphatic rings. The van der Waals surface area contributed by atoms with Crippen LogP contribution in [-0.2, 0) is 39.8 Å². The van der Waals surface area contributed by atoms with Crippen molar-refractivity contribution < 1.29 is 13.2 Å². The number of thiophene rings is 1. The van der Waals surface area contributed by atoms with Crippen LogP contribution < -0.4 is 5.32 Å². The number of hydrogen-bond donors (Lipinski definition) is 1. The molecule has 0 saturated carbocycles. The standard InChI is InChI=1S/C21H21N5O3S3/c1-2-26-18(13-32(28,29)14-7-4-3-5-8-14)24-25-21(26)30-12-19(27)23-20-16(11-22)15-9-6-10-17(15)31-20/h3-5,7-8H,2,6,9-10,12-13H2,1H3,(H,23,27). The summed E-state index contributed by atoms with van der Waals surface area (Å²) in [6, 6.07) is 10.4. The molecule has 0 bridgehead atoms. The molecule has 0 spiro atoms. The molecule has 1 amide bonds. The quantitative estimate of drug-likeness (QED) is 0.484. The van der Waals surface area contributed by atoms with E-state index in [2.05, 4.69) is 21.6 Å². The highest BCUT2D eigenvalue weighted by molar-refractivity contribution is 7.99. The van der Waals surface area contributed by atoms with E-state index in [1.165, 1.54) is 28.0 Å². The Kier molecular flexibility index (Phi) is 6.64. The highest BCUT2D eigenvalue weighted by Gasteiger charge is 2.24. The van der Waals surface area contributed by atoms with Crippen molar-refractivity contribution in [2.45, 2.75) is 48.5 Å². The number of anilines is 1. The summed E-state index contributed by atoms with van der Waals surface area (Å²) in [5.74, 6) is -0.0929.